The number of nitrogens with two attached hydrogens (primary N) is 2. The highest BCUT2D eigenvalue weighted by atomic mass is 16.3. The van der Waals surface area contributed by atoms with E-state index in [1.807, 2.05) is 12.1 Å². The van der Waals surface area contributed by atoms with Gasteiger partial charge in [0, 0.05) is 5.41 Å². The number of benzene rings is 2. The van der Waals surface area contributed by atoms with E-state index in [9.17, 15) is 10.2 Å². The third-order valence-corrected chi connectivity index (χ3v) is 4.96. The summed E-state index contributed by atoms with van der Waals surface area (Å²) in [6.45, 7) is 6.47. The molecule has 116 valence electrons. The molecule has 2 aromatic rings. The molecule has 22 heavy (non-hydrogen) atoms. The lowest BCUT2D eigenvalue weighted by Gasteiger charge is -2.29. The Hall–Kier alpha value is -2.36. The normalized spacial score (nSPS) is 22.5. The second-order valence-electron chi connectivity index (χ2n) is 7.09. The highest BCUT2D eigenvalue weighted by Crippen LogP contribution is 2.56. The zero-order chi connectivity index (χ0) is 16.3. The zero-order valence-electron chi connectivity index (χ0n) is 13.1. The quantitative estimate of drug-likeness (QED) is 0.480. The number of rotatable bonds is 1. The molecule has 1 aliphatic carbocycles. The first-order valence-electron chi connectivity index (χ1n) is 7.38. The van der Waals surface area contributed by atoms with Gasteiger partial charge in [0.2, 0.25) is 0 Å². The van der Waals surface area contributed by atoms with Gasteiger partial charge in [-0.2, -0.15) is 0 Å². The minimum absolute atomic E-state index is 0.0570. The number of phenols is 2. The zero-order valence-corrected chi connectivity index (χ0v) is 13.1. The van der Waals surface area contributed by atoms with E-state index in [0.29, 0.717) is 11.4 Å². The Morgan fingerprint density at radius 1 is 0.955 bits per heavy atom. The first kappa shape index (κ1) is 14.6. The van der Waals surface area contributed by atoms with Crippen LogP contribution in [0, 0.1) is 0 Å². The molecular weight excluding hydrogens is 276 g/mol. The fraction of sp³-hybridized carbons (Fsp3) is 0.333. The largest absolute Gasteiger partial charge is 0.506 e. The molecule has 6 N–H and O–H groups in total. The lowest BCUT2D eigenvalue weighted by Crippen LogP contribution is -2.24. The van der Waals surface area contributed by atoms with Crippen molar-refractivity contribution in [3.63, 3.8) is 0 Å². The maximum atomic E-state index is 10.0. The minimum Gasteiger partial charge on any atom is -0.506 e. The van der Waals surface area contributed by atoms with Crippen LogP contribution in [0.3, 0.4) is 0 Å². The molecular formula is C18H22N2O2. The molecule has 0 saturated carbocycles. The van der Waals surface area contributed by atoms with E-state index >= 15 is 0 Å². The highest BCUT2D eigenvalue weighted by Gasteiger charge is 2.47. The third kappa shape index (κ3) is 1.83. The van der Waals surface area contributed by atoms with E-state index in [2.05, 4.69) is 20.8 Å². The van der Waals surface area contributed by atoms with E-state index in [1.54, 1.807) is 18.2 Å². The molecule has 0 amide bonds. The average Bonchev–Trinajstić information content (AvgIpc) is 2.65. The second kappa shape index (κ2) is 4.32. The fourth-order valence-corrected chi connectivity index (χ4v) is 3.98. The maximum Gasteiger partial charge on any atom is 0.138 e. The molecule has 0 fully saturated rings. The smallest absolute Gasteiger partial charge is 0.138 e. The maximum absolute atomic E-state index is 10.0. The second-order valence-corrected chi connectivity index (χ2v) is 7.09. The SMILES string of the molecule is CC1(C)CC(C)(c2ccc(O)c(N)c2)c2c1ccc(O)c2N. The molecule has 0 spiro atoms. The molecule has 2 aromatic carbocycles. The molecule has 0 saturated heterocycles. The molecule has 3 rings (SSSR count). The van der Waals surface area contributed by atoms with Crippen molar-refractivity contribution in [3.8, 4) is 11.5 Å². The van der Waals surface area contributed by atoms with Crippen molar-refractivity contribution in [3.05, 3.63) is 47.0 Å². The number of aromatic hydroxyl groups is 2. The molecule has 1 aliphatic rings. The Bertz CT molecular complexity index is 768. The predicted octanol–water partition coefficient (Wildman–Crippen LogP) is 3.25. The molecule has 0 heterocycles. The van der Waals surface area contributed by atoms with Crippen LogP contribution in [-0.2, 0) is 10.8 Å². The number of anilines is 2. The van der Waals surface area contributed by atoms with Gasteiger partial charge in [-0.05, 0) is 46.7 Å². The van der Waals surface area contributed by atoms with E-state index in [4.69, 9.17) is 11.5 Å². The number of nitrogen functional groups attached to an aromatic ring is 2. The van der Waals surface area contributed by atoms with Crippen molar-refractivity contribution < 1.29 is 10.2 Å². The Morgan fingerprint density at radius 2 is 1.59 bits per heavy atom. The molecule has 0 aliphatic heterocycles. The van der Waals surface area contributed by atoms with Crippen LogP contribution in [0.2, 0.25) is 0 Å². The molecule has 0 bridgehead atoms. The van der Waals surface area contributed by atoms with Crippen LogP contribution in [-0.4, -0.2) is 10.2 Å². The van der Waals surface area contributed by atoms with Gasteiger partial charge in [-0.15, -0.1) is 0 Å². The number of hydrogen-bond donors (Lipinski definition) is 4. The lowest BCUT2D eigenvalue weighted by atomic mass is 9.74. The standard InChI is InChI=1S/C18H22N2O2/c1-17(2)9-18(3,10-4-6-13(21)12(19)8-10)15-11(17)5-7-14(22)16(15)20/h4-8,21-22H,9,19-20H2,1-3H3. The van der Waals surface area contributed by atoms with E-state index in [-0.39, 0.29) is 22.3 Å². The summed E-state index contributed by atoms with van der Waals surface area (Å²) in [5.74, 6) is 0.183. The van der Waals surface area contributed by atoms with Gasteiger partial charge in [0.1, 0.15) is 11.5 Å². The Balaban J connectivity index is 2.29. The minimum atomic E-state index is -0.358. The summed E-state index contributed by atoms with van der Waals surface area (Å²) in [6.07, 6.45) is 0.854. The molecule has 4 heteroatoms. The first-order valence-corrected chi connectivity index (χ1v) is 7.38. The van der Waals surface area contributed by atoms with Gasteiger partial charge < -0.3 is 21.7 Å². The van der Waals surface area contributed by atoms with Crippen LogP contribution in [0.1, 0.15) is 43.9 Å². The molecule has 4 nitrogen and oxygen atoms in total. The van der Waals surface area contributed by atoms with Gasteiger partial charge in [0.15, 0.2) is 0 Å². The Labute approximate surface area is 130 Å². The van der Waals surface area contributed by atoms with Crippen molar-refractivity contribution in [2.45, 2.75) is 38.0 Å². The van der Waals surface area contributed by atoms with E-state index in [0.717, 1.165) is 23.1 Å². The average molecular weight is 298 g/mol. The van der Waals surface area contributed by atoms with Gasteiger partial charge in [-0.1, -0.05) is 32.9 Å². The third-order valence-electron chi connectivity index (χ3n) is 4.96. The van der Waals surface area contributed by atoms with Crippen molar-refractivity contribution in [1.29, 1.82) is 0 Å². The summed E-state index contributed by atoms with van der Waals surface area (Å²) in [4.78, 5) is 0. The molecule has 0 radical (unpaired) electrons. The summed E-state index contributed by atoms with van der Waals surface area (Å²) in [7, 11) is 0. The number of hydrogen-bond acceptors (Lipinski definition) is 4. The van der Waals surface area contributed by atoms with Crippen LogP contribution >= 0.6 is 0 Å². The monoisotopic (exact) mass is 298 g/mol. The van der Waals surface area contributed by atoms with Crippen molar-refractivity contribution in [2.24, 2.45) is 0 Å². The number of phenolic OH excluding ortho intramolecular Hbond substituents is 2. The van der Waals surface area contributed by atoms with Crippen molar-refractivity contribution >= 4 is 11.4 Å². The van der Waals surface area contributed by atoms with Gasteiger partial charge in [-0.3, -0.25) is 0 Å². The van der Waals surface area contributed by atoms with Gasteiger partial charge >= 0.3 is 0 Å². The van der Waals surface area contributed by atoms with Gasteiger partial charge in [-0.25, -0.2) is 0 Å². The topological polar surface area (TPSA) is 92.5 Å². The van der Waals surface area contributed by atoms with Crippen LogP contribution in [0.4, 0.5) is 11.4 Å². The van der Waals surface area contributed by atoms with Crippen LogP contribution in [0.5, 0.6) is 11.5 Å². The summed E-state index contributed by atoms with van der Waals surface area (Å²) in [5.41, 5.74) is 15.5. The highest BCUT2D eigenvalue weighted by molar-refractivity contribution is 5.70. The van der Waals surface area contributed by atoms with E-state index < -0.39 is 0 Å². The predicted molar refractivity (Wildman–Crippen MR) is 89.1 cm³/mol. The summed E-state index contributed by atoms with van der Waals surface area (Å²) in [5, 5.41) is 19.7. The molecule has 0 aromatic heterocycles. The Morgan fingerprint density at radius 3 is 2.23 bits per heavy atom. The van der Waals surface area contributed by atoms with Gasteiger partial charge in [0.05, 0.1) is 11.4 Å². The van der Waals surface area contributed by atoms with E-state index in [1.165, 1.54) is 0 Å². The van der Waals surface area contributed by atoms with Crippen molar-refractivity contribution in [2.75, 3.05) is 11.5 Å². The fourth-order valence-electron chi connectivity index (χ4n) is 3.98. The van der Waals surface area contributed by atoms with Crippen LogP contribution < -0.4 is 11.5 Å². The van der Waals surface area contributed by atoms with Crippen LogP contribution in [0.15, 0.2) is 30.3 Å². The summed E-state index contributed by atoms with van der Waals surface area (Å²) >= 11 is 0. The summed E-state index contributed by atoms with van der Waals surface area (Å²) in [6, 6.07) is 8.90. The van der Waals surface area contributed by atoms with Crippen LogP contribution in [0.25, 0.3) is 0 Å². The van der Waals surface area contributed by atoms with Gasteiger partial charge in [0.25, 0.3) is 0 Å². The Kier molecular flexibility index (Phi) is 2.86. The lowest BCUT2D eigenvalue weighted by molar-refractivity contribution is 0.424. The number of fused-ring (bicyclic) bond motifs is 1. The molecule has 1 atom stereocenters. The first-order chi connectivity index (χ1) is 10.2. The molecule has 1 unspecified atom stereocenters. The summed E-state index contributed by atoms with van der Waals surface area (Å²) < 4.78 is 0. The van der Waals surface area contributed by atoms with Crippen molar-refractivity contribution in [1.82, 2.24) is 0 Å².